The van der Waals surface area contributed by atoms with Crippen molar-refractivity contribution in [3.05, 3.63) is 44.7 Å². The molecule has 1 unspecified atom stereocenters. The summed E-state index contributed by atoms with van der Waals surface area (Å²) in [5, 5.41) is 4.48. The van der Waals surface area contributed by atoms with Gasteiger partial charge >= 0.3 is 0 Å². The standard InChI is InChI=1S/C17H19BrClNS/c1-2-9-20-17(11-3-4-11)16-8-7-15(21-16)13-6-5-12(19)10-14(13)18/h5-8,10-11,17,20H,2-4,9H2,1H3. The molecule has 21 heavy (non-hydrogen) atoms. The van der Waals surface area contributed by atoms with Crippen LogP contribution < -0.4 is 5.32 Å². The lowest BCUT2D eigenvalue weighted by atomic mass is 10.1. The zero-order valence-electron chi connectivity index (χ0n) is 12.0. The number of benzene rings is 1. The third-order valence-electron chi connectivity index (χ3n) is 3.84. The zero-order valence-corrected chi connectivity index (χ0v) is 15.2. The summed E-state index contributed by atoms with van der Waals surface area (Å²) in [4.78, 5) is 2.76. The van der Waals surface area contributed by atoms with Crippen LogP contribution in [0.25, 0.3) is 10.4 Å². The molecule has 0 radical (unpaired) electrons. The highest BCUT2D eigenvalue weighted by atomic mass is 79.9. The summed E-state index contributed by atoms with van der Waals surface area (Å²) >= 11 is 11.5. The minimum atomic E-state index is 0.537. The van der Waals surface area contributed by atoms with Crippen molar-refractivity contribution in [1.82, 2.24) is 5.32 Å². The molecule has 1 fully saturated rings. The Morgan fingerprint density at radius 1 is 1.33 bits per heavy atom. The second-order valence-electron chi connectivity index (χ2n) is 5.60. The molecule has 1 saturated carbocycles. The Labute approximate surface area is 143 Å². The summed E-state index contributed by atoms with van der Waals surface area (Å²) in [5.41, 5.74) is 1.22. The van der Waals surface area contributed by atoms with Gasteiger partial charge in [-0.1, -0.05) is 40.5 Å². The first kappa shape index (κ1) is 15.5. The average Bonchev–Trinajstić information content (AvgIpc) is 3.18. The maximum atomic E-state index is 6.03. The fourth-order valence-electron chi connectivity index (χ4n) is 2.58. The minimum absolute atomic E-state index is 0.537. The van der Waals surface area contributed by atoms with Crippen LogP contribution in [0.3, 0.4) is 0 Å². The van der Waals surface area contributed by atoms with Crippen LogP contribution in [0.1, 0.15) is 37.1 Å². The maximum Gasteiger partial charge on any atom is 0.0443 e. The van der Waals surface area contributed by atoms with Crippen LogP contribution in [0.5, 0.6) is 0 Å². The largest absolute Gasteiger partial charge is 0.309 e. The molecular weight excluding hydrogens is 366 g/mol. The van der Waals surface area contributed by atoms with Gasteiger partial charge in [-0.3, -0.25) is 0 Å². The van der Waals surface area contributed by atoms with Crippen molar-refractivity contribution in [2.45, 2.75) is 32.2 Å². The predicted octanol–water partition coefficient (Wildman–Crippen LogP) is 6.28. The van der Waals surface area contributed by atoms with Crippen LogP contribution in [0, 0.1) is 5.92 Å². The van der Waals surface area contributed by atoms with Gasteiger partial charge in [0.25, 0.3) is 0 Å². The van der Waals surface area contributed by atoms with Crippen molar-refractivity contribution in [3.63, 3.8) is 0 Å². The van der Waals surface area contributed by atoms with Crippen molar-refractivity contribution in [2.75, 3.05) is 6.54 Å². The molecule has 1 aliphatic rings. The van der Waals surface area contributed by atoms with Gasteiger partial charge in [0.15, 0.2) is 0 Å². The number of thiophene rings is 1. The Bertz CT molecular complexity index is 621. The van der Waals surface area contributed by atoms with Crippen LogP contribution in [-0.2, 0) is 0 Å². The first-order chi connectivity index (χ1) is 10.2. The maximum absolute atomic E-state index is 6.03. The third kappa shape index (κ3) is 3.70. The molecule has 0 spiro atoms. The molecule has 0 aliphatic heterocycles. The Balaban J connectivity index is 1.84. The molecule has 1 atom stereocenters. The predicted molar refractivity (Wildman–Crippen MR) is 96.2 cm³/mol. The van der Waals surface area contributed by atoms with E-state index in [1.807, 2.05) is 23.5 Å². The Morgan fingerprint density at radius 3 is 2.81 bits per heavy atom. The van der Waals surface area contributed by atoms with Gasteiger partial charge in [-0.25, -0.2) is 0 Å². The van der Waals surface area contributed by atoms with Gasteiger partial charge in [-0.2, -0.15) is 0 Å². The number of halogens is 2. The van der Waals surface area contributed by atoms with Crippen molar-refractivity contribution in [1.29, 1.82) is 0 Å². The van der Waals surface area contributed by atoms with Gasteiger partial charge in [-0.15, -0.1) is 11.3 Å². The van der Waals surface area contributed by atoms with Gasteiger partial charge in [0, 0.05) is 30.9 Å². The molecule has 112 valence electrons. The summed E-state index contributed by atoms with van der Waals surface area (Å²) in [6, 6.07) is 11.1. The lowest BCUT2D eigenvalue weighted by Crippen LogP contribution is -2.22. The topological polar surface area (TPSA) is 12.0 Å². The Morgan fingerprint density at radius 2 is 2.14 bits per heavy atom. The Kier molecular flexibility index (Phi) is 5.05. The van der Waals surface area contributed by atoms with Crippen LogP contribution in [-0.4, -0.2) is 6.54 Å². The number of hydrogen-bond donors (Lipinski definition) is 1. The number of nitrogens with one attached hydrogen (secondary N) is 1. The van der Waals surface area contributed by atoms with Gasteiger partial charge in [0.1, 0.15) is 0 Å². The highest BCUT2D eigenvalue weighted by Gasteiger charge is 2.32. The summed E-state index contributed by atoms with van der Waals surface area (Å²) in [6.07, 6.45) is 3.91. The molecule has 1 nitrogen and oxygen atoms in total. The molecule has 1 heterocycles. The Hall–Kier alpha value is -0.350. The highest BCUT2D eigenvalue weighted by molar-refractivity contribution is 9.10. The highest BCUT2D eigenvalue weighted by Crippen LogP contribution is 2.45. The normalized spacial score (nSPS) is 16.1. The zero-order chi connectivity index (χ0) is 14.8. The quantitative estimate of drug-likeness (QED) is 0.618. The fraction of sp³-hybridized carbons (Fsp3) is 0.412. The van der Waals surface area contributed by atoms with E-state index < -0.39 is 0 Å². The van der Waals surface area contributed by atoms with Crippen molar-refractivity contribution in [2.24, 2.45) is 5.92 Å². The molecule has 2 aromatic rings. The van der Waals surface area contributed by atoms with Crippen LogP contribution in [0.2, 0.25) is 5.02 Å². The molecule has 0 saturated heterocycles. The molecule has 1 aliphatic carbocycles. The summed E-state index contributed by atoms with van der Waals surface area (Å²) < 4.78 is 1.06. The number of hydrogen-bond acceptors (Lipinski definition) is 2. The smallest absolute Gasteiger partial charge is 0.0443 e. The first-order valence-electron chi connectivity index (χ1n) is 7.47. The van der Waals surface area contributed by atoms with E-state index in [-0.39, 0.29) is 0 Å². The molecular formula is C17H19BrClNS. The van der Waals surface area contributed by atoms with E-state index in [2.05, 4.69) is 46.4 Å². The van der Waals surface area contributed by atoms with Crippen molar-refractivity contribution >= 4 is 38.9 Å². The lowest BCUT2D eigenvalue weighted by molar-refractivity contribution is 0.488. The van der Waals surface area contributed by atoms with Crippen LogP contribution in [0.15, 0.2) is 34.8 Å². The fourth-order valence-corrected chi connectivity index (χ4v) is 4.83. The van der Waals surface area contributed by atoms with Gasteiger partial charge in [0.05, 0.1) is 0 Å². The van der Waals surface area contributed by atoms with E-state index in [0.29, 0.717) is 6.04 Å². The molecule has 0 bridgehead atoms. The van der Waals surface area contributed by atoms with E-state index in [9.17, 15) is 0 Å². The second-order valence-corrected chi connectivity index (χ2v) is 8.00. The first-order valence-corrected chi connectivity index (χ1v) is 9.46. The van der Waals surface area contributed by atoms with E-state index in [4.69, 9.17) is 11.6 Å². The van der Waals surface area contributed by atoms with E-state index in [0.717, 1.165) is 22.0 Å². The molecule has 1 aromatic heterocycles. The van der Waals surface area contributed by atoms with Gasteiger partial charge < -0.3 is 5.32 Å². The monoisotopic (exact) mass is 383 g/mol. The van der Waals surface area contributed by atoms with Crippen LogP contribution >= 0.6 is 38.9 Å². The van der Waals surface area contributed by atoms with Crippen molar-refractivity contribution < 1.29 is 0 Å². The molecule has 4 heteroatoms. The van der Waals surface area contributed by atoms with Crippen LogP contribution in [0.4, 0.5) is 0 Å². The van der Waals surface area contributed by atoms with Gasteiger partial charge in [-0.05, 0) is 56.0 Å². The molecule has 0 amide bonds. The molecule has 1 aromatic carbocycles. The molecule has 3 rings (SSSR count). The number of rotatable bonds is 6. The summed E-state index contributed by atoms with van der Waals surface area (Å²) in [7, 11) is 0. The van der Waals surface area contributed by atoms with E-state index >= 15 is 0 Å². The van der Waals surface area contributed by atoms with E-state index in [1.54, 1.807) is 0 Å². The third-order valence-corrected chi connectivity index (χ3v) is 5.93. The second kappa shape index (κ2) is 6.82. The van der Waals surface area contributed by atoms with Crippen molar-refractivity contribution in [3.8, 4) is 10.4 Å². The van der Waals surface area contributed by atoms with E-state index in [1.165, 1.54) is 34.6 Å². The average molecular weight is 385 g/mol. The summed E-state index contributed by atoms with van der Waals surface area (Å²) in [6.45, 7) is 3.32. The lowest BCUT2D eigenvalue weighted by Gasteiger charge is -2.16. The molecule has 1 N–H and O–H groups in total. The van der Waals surface area contributed by atoms with Gasteiger partial charge in [0.2, 0.25) is 0 Å². The minimum Gasteiger partial charge on any atom is -0.309 e. The summed E-state index contributed by atoms with van der Waals surface area (Å²) in [5.74, 6) is 0.830. The SMILES string of the molecule is CCCNC(c1ccc(-c2ccc(Cl)cc2Br)s1)C1CC1.